The maximum Gasteiger partial charge on any atom is 0.338 e. The van der Waals surface area contributed by atoms with Gasteiger partial charge in [-0.1, -0.05) is 13.8 Å². The number of rotatable bonds is 2. The van der Waals surface area contributed by atoms with Crippen molar-refractivity contribution in [3.63, 3.8) is 0 Å². The van der Waals surface area contributed by atoms with E-state index in [-0.39, 0.29) is 5.97 Å². The van der Waals surface area contributed by atoms with Crippen LogP contribution in [-0.4, -0.2) is 26.7 Å². The lowest BCUT2D eigenvalue weighted by atomic mass is 9.76. The van der Waals surface area contributed by atoms with Gasteiger partial charge in [-0.25, -0.2) is 4.79 Å². The summed E-state index contributed by atoms with van der Waals surface area (Å²) in [5.74, 6) is -0.226. The van der Waals surface area contributed by atoms with Crippen molar-refractivity contribution in [3.05, 3.63) is 35.0 Å². The second-order valence-corrected chi connectivity index (χ2v) is 7.67. The largest absolute Gasteiger partial charge is 0.462 e. The minimum Gasteiger partial charge on any atom is -0.462 e. The summed E-state index contributed by atoms with van der Waals surface area (Å²) in [4.78, 5) is 12.0. The van der Waals surface area contributed by atoms with Crippen LogP contribution < -0.4 is 4.48 Å². The first kappa shape index (κ1) is 15.3. The average Bonchev–Trinajstić information content (AvgIpc) is 2.66. The van der Waals surface area contributed by atoms with E-state index in [4.69, 9.17) is 4.74 Å². The average molecular weight is 300 g/mol. The highest BCUT2D eigenvalue weighted by molar-refractivity contribution is 5.94. The number of allylic oxidation sites excluding steroid dienone is 2. The van der Waals surface area contributed by atoms with Crippen LogP contribution in [0.5, 0.6) is 0 Å². The third-order valence-electron chi connectivity index (χ3n) is 5.16. The lowest BCUT2D eigenvalue weighted by molar-refractivity contribution is 0.0526. The quantitative estimate of drug-likeness (QED) is 0.599. The predicted molar refractivity (Wildman–Crippen MR) is 90.6 cm³/mol. The molecule has 1 aromatic rings. The first-order chi connectivity index (χ1) is 10.3. The first-order valence-corrected chi connectivity index (χ1v) is 8.15. The van der Waals surface area contributed by atoms with E-state index in [1.54, 1.807) is 0 Å². The zero-order valence-corrected chi connectivity index (χ0v) is 14.3. The molecule has 0 bridgehead atoms. The van der Waals surface area contributed by atoms with Crippen molar-refractivity contribution < 1.29 is 9.53 Å². The Balaban J connectivity index is 2.05. The van der Waals surface area contributed by atoms with Crippen LogP contribution in [0.2, 0.25) is 0 Å². The lowest BCUT2D eigenvalue weighted by Gasteiger charge is -2.35. The van der Waals surface area contributed by atoms with Gasteiger partial charge in [0.15, 0.2) is 0 Å². The van der Waals surface area contributed by atoms with Crippen molar-refractivity contribution in [2.75, 3.05) is 20.7 Å². The molecule has 3 rings (SSSR count). The third-order valence-corrected chi connectivity index (χ3v) is 5.16. The molecule has 22 heavy (non-hydrogen) atoms. The summed E-state index contributed by atoms with van der Waals surface area (Å²) < 4.78 is 5.91. The molecule has 3 heteroatoms. The molecule has 0 saturated carbocycles. The van der Waals surface area contributed by atoms with Crippen molar-refractivity contribution in [2.24, 2.45) is 5.41 Å². The van der Waals surface area contributed by atoms with Crippen molar-refractivity contribution in [1.29, 1.82) is 0 Å². The Hall–Kier alpha value is -1.61. The number of fused-ring (bicyclic) bond motifs is 2. The number of carbonyl (C=O) groups is 1. The summed E-state index contributed by atoms with van der Waals surface area (Å²) in [6, 6.07) is 6.05. The maximum atomic E-state index is 12.0. The fraction of sp³-hybridized carbons (Fsp3) is 0.526. The SMILES string of the molecule is CCOC(=O)c1ccc2c(c1)[N+](C)(C)C1=C2CCC(C)(C)C1. The predicted octanol–water partition coefficient (Wildman–Crippen LogP) is 4.37. The Kier molecular flexibility index (Phi) is 3.44. The molecule has 0 fully saturated rings. The summed E-state index contributed by atoms with van der Waals surface area (Å²) in [6.45, 7) is 6.96. The fourth-order valence-electron chi connectivity index (χ4n) is 3.82. The Morgan fingerprint density at radius 2 is 2.05 bits per heavy atom. The van der Waals surface area contributed by atoms with E-state index in [2.05, 4.69) is 34.0 Å². The first-order valence-electron chi connectivity index (χ1n) is 8.15. The van der Waals surface area contributed by atoms with Gasteiger partial charge in [0, 0.05) is 23.6 Å². The van der Waals surface area contributed by atoms with Gasteiger partial charge in [-0.15, -0.1) is 0 Å². The number of ether oxygens (including phenoxy) is 1. The zero-order chi connectivity index (χ0) is 16.1. The molecule has 3 nitrogen and oxygen atoms in total. The van der Waals surface area contributed by atoms with Crippen LogP contribution in [0.25, 0.3) is 5.57 Å². The van der Waals surface area contributed by atoms with E-state index in [0.717, 1.165) is 17.3 Å². The van der Waals surface area contributed by atoms with E-state index >= 15 is 0 Å². The minimum absolute atomic E-state index is 0.226. The number of carbonyl (C=O) groups excluding carboxylic acids is 1. The summed E-state index contributed by atoms with van der Waals surface area (Å²) in [6.07, 6.45) is 3.49. The van der Waals surface area contributed by atoms with E-state index in [1.807, 2.05) is 19.1 Å². The van der Waals surface area contributed by atoms with Gasteiger partial charge in [0.05, 0.1) is 26.3 Å². The van der Waals surface area contributed by atoms with Crippen LogP contribution in [-0.2, 0) is 4.74 Å². The second kappa shape index (κ2) is 4.95. The van der Waals surface area contributed by atoms with Crippen LogP contribution in [0, 0.1) is 5.41 Å². The fourth-order valence-corrected chi connectivity index (χ4v) is 3.82. The van der Waals surface area contributed by atoms with E-state index < -0.39 is 0 Å². The smallest absolute Gasteiger partial charge is 0.338 e. The van der Waals surface area contributed by atoms with Crippen LogP contribution in [0.4, 0.5) is 5.69 Å². The molecule has 2 aliphatic rings. The highest BCUT2D eigenvalue weighted by atomic mass is 16.5. The molecule has 0 aromatic heterocycles. The summed E-state index contributed by atoms with van der Waals surface area (Å²) in [5, 5.41) is 0. The molecule has 0 atom stereocenters. The van der Waals surface area contributed by atoms with Crippen LogP contribution in [0.1, 0.15) is 56.0 Å². The number of benzene rings is 1. The summed E-state index contributed by atoms with van der Waals surface area (Å²) in [7, 11) is 4.47. The van der Waals surface area contributed by atoms with Gasteiger partial charge in [0.25, 0.3) is 0 Å². The lowest BCUT2D eigenvalue weighted by Crippen LogP contribution is -2.40. The maximum absolute atomic E-state index is 12.0. The monoisotopic (exact) mass is 300 g/mol. The van der Waals surface area contributed by atoms with Gasteiger partial charge in [-0.3, -0.25) is 4.48 Å². The molecule has 1 aliphatic heterocycles. The molecule has 0 radical (unpaired) electrons. The van der Waals surface area contributed by atoms with Gasteiger partial charge in [0.2, 0.25) is 0 Å². The number of nitrogens with zero attached hydrogens (tertiary/aromatic N) is 1. The molecular formula is C19H26NO2+. The molecule has 1 aromatic carbocycles. The van der Waals surface area contributed by atoms with Crippen LogP contribution in [0.15, 0.2) is 23.9 Å². The molecule has 0 unspecified atom stereocenters. The topological polar surface area (TPSA) is 26.3 Å². The van der Waals surface area contributed by atoms with Crippen molar-refractivity contribution in [2.45, 2.75) is 40.0 Å². The highest BCUT2D eigenvalue weighted by Crippen LogP contribution is 2.53. The standard InChI is InChI=1S/C19H26NO2/c1-6-22-18(21)13-7-8-14-15-9-10-19(2,3)12-17(15)20(4,5)16(14)11-13/h7-8,11H,6,9-10,12H2,1-5H3/q+1. The van der Waals surface area contributed by atoms with Crippen molar-refractivity contribution in [1.82, 2.24) is 4.48 Å². The zero-order valence-electron chi connectivity index (χ0n) is 14.3. The summed E-state index contributed by atoms with van der Waals surface area (Å²) >= 11 is 0. The molecule has 118 valence electrons. The van der Waals surface area contributed by atoms with Gasteiger partial charge < -0.3 is 4.74 Å². The number of quaternary nitrogens is 1. The molecule has 0 spiro atoms. The van der Waals surface area contributed by atoms with E-state index in [0.29, 0.717) is 17.6 Å². The van der Waals surface area contributed by atoms with Gasteiger partial charge in [0.1, 0.15) is 11.4 Å². The Bertz CT molecular complexity index is 668. The van der Waals surface area contributed by atoms with Crippen LogP contribution in [0.3, 0.4) is 0 Å². The van der Waals surface area contributed by atoms with Gasteiger partial charge in [-0.2, -0.15) is 0 Å². The van der Waals surface area contributed by atoms with Crippen molar-refractivity contribution in [3.8, 4) is 0 Å². The number of hydrogen-bond acceptors (Lipinski definition) is 2. The van der Waals surface area contributed by atoms with Gasteiger partial charge in [-0.05, 0) is 37.3 Å². The highest BCUT2D eigenvalue weighted by Gasteiger charge is 2.44. The number of hydrogen-bond donors (Lipinski definition) is 0. The molecule has 1 aliphatic carbocycles. The molecule has 0 saturated heterocycles. The second-order valence-electron chi connectivity index (χ2n) is 7.67. The molecule has 1 heterocycles. The molecule has 0 N–H and O–H groups in total. The molecular weight excluding hydrogens is 274 g/mol. The third kappa shape index (κ3) is 2.28. The van der Waals surface area contributed by atoms with E-state index in [1.165, 1.54) is 28.9 Å². The van der Waals surface area contributed by atoms with Crippen LogP contribution >= 0.6 is 0 Å². The number of esters is 1. The van der Waals surface area contributed by atoms with Gasteiger partial charge >= 0.3 is 5.97 Å². The minimum atomic E-state index is -0.226. The van der Waals surface area contributed by atoms with E-state index in [9.17, 15) is 4.79 Å². The molecule has 0 amide bonds. The Morgan fingerprint density at radius 1 is 1.32 bits per heavy atom. The Labute approximate surface area is 133 Å². The summed E-state index contributed by atoms with van der Waals surface area (Å²) in [5.41, 5.74) is 6.57. The van der Waals surface area contributed by atoms with Crippen molar-refractivity contribution >= 4 is 17.2 Å². The Morgan fingerprint density at radius 3 is 2.73 bits per heavy atom. The normalized spacial score (nSPS) is 21.3.